The molecule has 0 saturated carbocycles. The van der Waals surface area contributed by atoms with Crippen molar-refractivity contribution in [2.24, 2.45) is 0 Å². The molecule has 1 aromatic rings. The maximum Gasteiger partial charge on any atom is 0.317 e. The number of ether oxygens (including phenoxy) is 1. The molecule has 2 aliphatic heterocycles. The minimum Gasteiger partial charge on any atom is -0.373 e. The van der Waals surface area contributed by atoms with Gasteiger partial charge in [-0.1, -0.05) is 43.2 Å². The number of likely N-dealkylation sites (tertiary alicyclic amines) is 1. The minimum atomic E-state index is 0.101. The Hall–Kier alpha value is -1.55. The van der Waals surface area contributed by atoms with Crippen LogP contribution in [0, 0.1) is 0 Å². The maximum atomic E-state index is 12.4. The van der Waals surface area contributed by atoms with Crippen molar-refractivity contribution in [3.05, 3.63) is 35.9 Å². The molecule has 2 fully saturated rings. The number of carbonyl (C=O) groups excluding carboxylic acids is 1. The van der Waals surface area contributed by atoms with Gasteiger partial charge in [0.2, 0.25) is 0 Å². The van der Waals surface area contributed by atoms with Crippen molar-refractivity contribution in [2.75, 3.05) is 19.7 Å². The number of carbonyl (C=O) groups is 1. The van der Waals surface area contributed by atoms with Gasteiger partial charge in [-0.3, -0.25) is 0 Å². The first-order chi connectivity index (χ1) is 10.8. The van der Waals surface area contributed by atoms with Gasteiger partial charge in [0.15, 0.2) is 0 Å². The monoisotopic (exact) mass is 302 g/mol. The Labute approximate surface area is 132 Å². The number of amides is 2. The Morgan fingerprint density at radius 1 is 1.09 bits per heavy atom. The average Bonchev–Trinajstić information content (AvgIpc) is 2.85. The molecule has 2 heterocycles. The van der Waals surface area contributed by atoms with E-state index in [9.17, 15) is 4.79 Å². The quantitative estimate of drug-likeness (QED) is 0.908. The normalized spacial score (nSPS) is 26.3. The molecule has 2 atom stereocenters. The Balaban J connectivity index is 1.54. The SMILES string of the molecule is O=C(N[C@H]1CCO[C@H](c2ccccc2)C1)N1CCCCCC1. The zero-order valence-corrected chi connectivity index (χ0v) is 13.2. The fraction of sp³-hybridized carbons (Fsp3) is 0.611. The van der Waals surface area contributed by atoms with Gasteiger partial charge >= 0.3 is 6.03 Å². The fourth-order valence-corrected chi connectivity index (χ4v) is 3.37. The standard InChI is InChI=1S/C18H26N2O2/c21-18(20-11-6-1-2-7-12-20)19-16-10-13-22-17(14-16)15-8-4-3-5-9-15/h3-5,8-9,16-17H,1-2,6-7,10-14H2,(H,19,21)/t16-,17-/m0/s1. The Kier molecular flexibility index (Phi) is 5.33. The fourth-order valence-electron chi connectivity index (χ4n) is 3.37. The molecule has 2 amide bonds. The smallest absolute Gasteiger partial charge is 0.317 e. The molecule has 1 N–H and O–H groups in total. The summed E-state index contributed by atoms with van der Waals surface area (Å²) in [6.07, 6.45) is 6.63. The molecule has 22 heavy (non-hydrogen) atoms. The van der Waals surface area contributed by atoms with Crippen LogP contribution in [0.4, 0.5) is 4.79 Å². The van der Waals surface area contributed by atoms with Crippen LogP contribution in [0.25, 0.3) is 0 Å². The minimum absolute atomic E-state index is 0.101. The number of urea groups is 1. The lowest BCUT2D eigenvalue weighted by molar-refractivity contribution is 0.00150. The van der Waals surface area contributed by atoms with E-state index in [4.69, 9.17) is 4.74 Å². The third-order valence-corrected chi connectivity index (χ3v) is 4.68. The van der Waals surface area contributed by atoms with Gasteiger partial charge in [0, 0.05) is 25.7 Å². The van der Waals surface area contributed by atoms with Crippen molar-refractivity contribution in [1.82, 2.24) is 10.2 Å². The van der Waals surface area contributed by atoms with E-state index in [1.807, 2.05) is 23.1 Å². The van der Waals surface area contributed by atoms with E-state index in [1.165, 1.54) is 18.4 Å². The van der Waals surface area contributed by atoms with Crippen molar-refractivity contribution in [3.8, 4) is 0 Å². The second-order valence-corrected chi connectivity index (χ2v) is 6.34. The van der Waals surface area contributed by atoms with Gasteiger partial charge in [0.25, 0.3) is 0 Å². The Morgan fingerprint density at radius 2 is 1.82 bits per heavy atom. The van der Waals surface area contributed by atoms with Gasteiger partial charge in [-0.25, -0.2) is 4.79 Å². The van der Waals surface area contributed by atoms with Crippen LogP contribution in [-0.2, 0) is 4.74 Å². The van der Waals surface area contributed by atoms with Crippen molar-refractivity contribution >= 4 is 6.03 Å². The highest BCUT2D eigenvalue weighted by Crippen LogP contribution is 2.28. The van der Waals surface area contributed by atoms with Gasteiger partial charge in [-0.2, -0.15) is 0 Å². The summed E-state index contributed by atoms with van der Waals surface area (Å²) in [6.45, 7) is 2.51. The van der Waals surface area contributed by atoms with Crippen molar-refractivity contribution in [1.29, 1.82) is 0 Å². The largest absolute Gasteiger partial charge is 0.373 e. The summed E-state index contributed by atoms with van der Waals surface area (Å²) in [5.74, 6) is 0. The molecule has 4 heteroatoms. The summed E-state index contributed by atoms with van der Waals surface area (Å²) in [5, 5.41) is 3.22. The zero-order valence-electron chi connectivity index (χ0n) is 13.2. The molecule has 120 valence electrons. The number of rotatable bonds is 2. The van der Waals surface area contributed by atoms with E-state index < -0.39 is 0 Å². The molecule has 0 unspecified atom stereocenters. The second kappa shape index (κ2) is 7.63. The molecular formula is C18H26N2O2. The number of nitrogens with zero attached hydrogens (tertiary/aromatic N) is 1. The second-order valence-electron chi connectivity index (χ2n) is 6.34. The molecule has 0 spiro atoms. The molecule has 0 aromatic heterocycles. The summed E-state index contributed by atoms with van der Waals surface area (Å²) in [6, 6.07) is 10.6. The van der Waals surface area contributed by atoms with E-state index in [2.05, 4.69) is 17.4 Å². The topological polar surface area (TPSA) is 41.6 Å². The number of nitrogens with one attached hydrogen (secondary N) is 1. The lowest BCUT2D eigenvalue weighted by Gasteiger charge is -2.32. The number of hydrogen-bond donors (Lipinski definition) is 1. The van der Waals surface area contributed by atoms with E-state index in [-0.39, 0.29) is 18.2 Å². The number of benzene rings is 1. The third kappa shape index (κ3) is 4.01. The molecule has 0 aliphatic carbocycles. The first-order valence-corrected chi connectivity index (χ1v) is 8.55. The van der Waals surface area contributed by atoms with Crippen LogP contribution >= 0.6 is 0 Å². The Bertz CT molecular complexity index is 469. The molecule has 0 bridgehead atoms. The summed E-state index contributed by atoms with van der Waals surface area (Å²) < 4.78 is 5.88. The predicted molar refractivity (Wildman–Crippen MR) is 86.7 cm³/mol. The summed E-state index contributed by atoms with van der Waals surface area (Å²) in [5.41, 5.74) is 1.20. The van der Waals surface area contributed by atoms with E-state index >= 15 is 0 Å². The van der Waals surface area contributed by atoms with E-state index in [1.54, 1.807) is 0 Å². The molecule has 1 aromatic carbocycles. The lowest BCUT2D eigenvalue weighted by Crippen LogP contribution is -2.47. The molecule has 2 aliphatic rings. The zero-order chi connectivity index (χ0) is 15.2. The van der Waals surface area contributed by atoms with Crippen LogP contribution in [0.5, 0.6) is 0 Å². The summed E-state index contributed by atoms with van der Waals surface area (Å²) in [7, 11) is 0. The molecule has 0 radical (unpaired) electrons. The van der Waals surface area contributed by atoms with Gasteiger partial charge in [-0.15, -0.1) is 0 Å². The summed E-state index contributed by atoms with van der Waals surface area (Å²) in [4.78, 5) is 14.4. The maximum absolute atomic E-state index is 12.4. The lowest BCUT2D eigenvalue weighted by atomic mass is 9.97. The van der Waals surface area contributed by atoms with Crippen LogP contribution in [0.15, 0.2) is 30.3 Å². The highest BCUT2D eigenvalue weighted by molar-refractivity contribution is 5.74. The van der Waals surface area contributed by atoms with Gasteiger partial charge in [0.05, 0.1) is 6.10 Å². The van der Waals surface area contributed by atoms with Crippen molar-refractivity contribution in [2.45, 2.75) is 50.7 Å². The van der Waals surface area contributed by atoms with Crippen LogP contribution < -0.4 is 5.32 Å². The molecule has 4 nitrogen and oxygen atoms in total. The highest BCUT2D eigenvalue weighted by atomic mass is 16.5. The van der Waals surface area contributed by atoms with E-state index in [0.29, 0.717) is 6.61 Å². The van der Waals surface area contributed by atoms with Crippen molar-refractivity contribution in [3.63, 3.8) is 0 Å². The molecule has 2 saturated heterocycles. The van der Waals surface area contributed by atoms with Gasteiger partial charge < -0.3 is 15.0 Å². The van der Waals surface area contributed by atoms with Crippen LogP contribution in [0.2, 0.25) is 0 Å². The average molecular weight is 302 g/mol. The van der Waals surface area contributed by atoms with Crippen LogP contribution in [0.3, 0.4) is 0 Å². The van der Waals surface area contributed by atoms with E-state index in [0.717, 1.165) is 38.8 Å². The highest BCUT2D eigenvalue weighted by Gasteiger charge is 2.26. The summed E-state index contributed by atoms with van der Waals surface area (Å²) >= 11 is 0. The number of hydrogen-bond acceptors (Lipinski definition) is 2. The first-order valence-electron chi connectivity index (χ1n) is 8.55. The van der Waals surface area contributed by atoms with Gasteiger partial charge in [0.1, 0.15) is 0 Å². The first kappa shape index (κ1) is 15.3. The molecular weight excluding hydrogens is 276 g/mol. The third-order valence-electron chi connectivity index (χ3n) is 4.68. The Morgan fingerprint density at radius 3 is 2.55 bits per heavy atom. The van der Waals surface area contributed by atoms with Crippen molar-refractivity contribution < 1.29 is 9.53 Å². The molecule has 3 rings (SSSR count). The van der Waals surface area contributed by atoms with Crippen LogP contribution in [0.1, 0.15) is 50.2 Å². The van der Waals surface area contributed by atoms with Gasteiger partial charge in [-0.05, 0) is 31.2 Å². The van der Waals surface area contributed by atoms with Crippen LogP contribution in [-0.4, -0.2) is 36.7 Å². The predicted octanol–water partition coefficient (Wildman–Crippen LogP) is 3.49.